The van der Waals surface area contributed by atoms with Crippen molar-refractivity contribution in [1.82, 2.24) is 15.2 Å². The van der Waals surface area contributed by atoms with Crippen molar-refractivity contribution in [3.05, 3.63) is 30.1 Å². The summed E-state index contributed by atoms with van der Waals surface area (Å²) in [7, 11) is 2.18. The molecule has 2 heterocycles. The molecule has 3 nitrogen and oxygen atoms in total. The van der Waals surface area contributed by atoms with E-state index in [0.29, 0.717) is 6.04 Å². The molecule has 1 unspecified atom stereocenters. The molecule has 2 rings (SSSR count). The van der Waals surface area contributed by atoms with Crippen LogP contribution in [0, 0.1) is 0 Å². The molecule has 88 valence electrons. The predicted molar refractivity (Wildman–Crippen MR) is 66.2 cm³/mol. The van der Waals surface area contributed by atoms with Gasteiger partial charge < -0.3 is 5.32 Å². The quantitative estimate of drug-likeness (QED) is 0.838. The van der Waals surface area contributed by atoms with Crippen LogP contribution in [0.25, 0.3) is 0 Å². The minimum absolute atomic E-state index is 0.281. The van der Waals surface area contributed by atoms with Gasteiger partial charge in [0.1, 0.15) is 0 Å². The summed E-state index contributed by atoms with van der Waals surface area (Å²) in [5.41, 5.74) is 1.43. The molecule has 0 aromatic carbocycles. The second kappa shape index (κ2) is 4.52. The summed E-state index contributed by atoms with van der Waals surface area (Å²) in [4.78, 5) is 6.76. The summed E-state index contributed by atoms with van der Waals surface area (Å²) in [6.45, 7) is 6.54. The number of likely N-dealkylation sites (N-methyl/N-ethyl adjacent to an activating group) is 1. The molecule has 1 saturated heterocycles. The number of hydrogen-bond acceptors (Lipinski definition) is 3. The van der Waals surface area contributed by atoms with Crippen LogP contribution in [0.2, 0.25) is 0 Å². The first-order valence-electron chi connectivity index (χ1n) is 5.92. The van der Waals surface area contributed by atoms with Gasteiger partial charge in [0, 0.05) is 30.9 Å². The number of nitrogens with one attached hydrogen (secondary N) is 1. The van der Waals surface area contributed by atoms with Gasteiger partial charge in [-0.2, -0.15) is 0 Å². The highest BCUT2D eigenvalue weighted by atomic mass is 15.2. The largest absolute Gasteiger partial charge is 0.310 e. The zero-order chi connectivity index (χ0) is 11.6. The van der Waals surface area contributed by atoms with Crippen LogP contribution in [0.5, 0.6) is 0 Å². The van der Waals surface area contributed by atoms with E-state index >= 15 is 0 Å². The Morgan fingerprint density at radius 1 is 1.50 bits per heavy atom. The van der Waals surface area contributed by atoms with E-state index in [0.717, 1.165) is 18.8 Å². The first-order chi connectivity index (χ1) is 7.57. The second-order valence-electron chi connectivity index (χ2n) is 5.36. The van der Waals surface area contributed by atoms with Crippen LogP contribution in [-0.2, 0) is 6.54 Å². The standard InChI is InChI=1S/C13H21N3/c1-13(2)8-12(9-15-13)16(3)10-11-6-4-5-7-14-11/h4-7,12,15H,8-10H2,1-3H3. The Balaban J connectivity index is 1.92. The maximum absolute atomic E-state index is 4.36. The molecule has 1 N–H and O–H groups in total. The first kappa shape index (κ1) is 11.6. The van der Waals surface area contributed by atoms with E-state index in [1.807, 2.05) is 18.3 Å². The smallest absolute Gasteiger partial charge is 0.0543 e. The molecule has 1 aliphatic heterocycles. The minimum Gasteiger partial charge on any atom is -0.310 e. The lowest BCUT2D eigenvalue weighted by molar-refractivity contribution is 0.238. The highest BCUT2D eigenvalue weighted by Crippen LogP contribution is 2.22. The van der Waals surface area contributed by atoms with Crippen LogP contribution in [0.15, 0.2) is 24.4 Å². The van der Waals surface area contributed by atoms with Crippen LogP contribution in [0.3, 0.4) is 0 Å². The Morgan fingerprint density at radius 2 is 2.31 bits per heavy atom. The van der Waals surface area contributed by atoms with E-state index in [1.165, 1.54) is 6.42 Å². The lowest BCUT2D eigenvalue weighted by atomic mass is 10.0. The van der Waals surface area contributed by atoms with Crippen molar-refractivity contribution in [2.45, 2.75) is 38.4 Å². The molecule has 0 bridgehead atoms. The van der Waals surface area contributed by atoms with Gasteiger partial charge in [0.25, 0.3) is 0 Å². The van der Waals surface area contributed by atoms with Gasteiger partial charge in [0.15, 0.2) is 0 Å². The van der Waals surface area contributed by atoms with Gasteiger partial charge in [-0.25, -0.2) is 0 Å². The Labute approximate surface area is 97.9 Å². The van der Waals surface area contributed by atoms with Crippen molar-refractivity contribution in [3.8, 4) is 0 Å². The number of aromatic nitrogens is 1. The molecule has 0 amide bonds. The topological polar surface area (TPSA) is 28.2 Å². The molecule has 0 saturated carbocycles. The highest BCUT2D eigenvalue weighted by molar-refractivity contribution is 5.04. The molecule has 0 radical (unpaired) electrons. The van der Waals surface area contributed by atoms with Gasteiger partial charge in [-0.1, -0.05) is 6.07 Å². The van der Waals surface area contributed by atoms with Crippen molar-refractivity contribution >= 4 is 0 Å². The van der Waals surface area contributed by atoms with Gasteiger partial charge in [-0.05, 0) is 39.4 Å². The van der Waals surface area contributed by atoms with Crippen LogP contribution in [-0.4, -0.2) is 35.1 Å². The van der Waals surface area contributed by atoms with Gasteiger partial charge in [0.2, 0.25) is 0 Å². The summed E-state index contributed by atoms with van der Waals surface area (Å²) < 4.78 is 0. The highest BCUT2D eigenvalue weighted by Gasteiger charge is 2.32. The van der Waals surface area contributed by atoms with Gasteiger partial charge >= 0.3 is 0 Å². The van der Waals surface area contributed by atoms with E-state index < -0.39 is 0 Å². The van der Waals surface area contributed by atoms with E-state index in [1.54, 1.807) is 0 Å². The lowest BCUT2D eigenvalue weighted by Gasteiger charge is -2.24. The number of hydrogen-bond donors (Lipinski definition) is 1. The average Bonchev–Trinajstić information content (AvgIpc) is 2.60. The van der Waals surface area contributed by atoms with E-state index in [2.05, 4.69) is 42.2 Å². The van der Waals surface area contributed by atoms with Crippen LogP contribution >= 0.6 is 0 Å². The molecule has 1 aromatic heterocycles. The molecule has 1 aromatic rings. The van der Waals surface area contributed by atoms with Crippen molar-refractivity contribution < 1.29 is 0 Å². The first-order valence-corrected chi connectivity index (χ1v) is 5.92. The summed E-state index contributed by atoms with van der Waals surface area (Å²) in [6, 6.07) is 6.72. The maximum atomic E-state index is 4.36. The third-order valence-corrected chi connectivity index (χ3v) is 3.32. The van der Waals surface area contributed by atoms with Crippen molar-refractivity contribution in [1.29, 1.82) is 0 Å². The third-order valence-electron chi connectivity index (χ3n) is 3.32. The molecule has 3 heteroatoms. The SMILES string of the molecule is CN(Cc1ccccn1)C1CNC(C)(C)C1. The molecular formula is C13H21N3. The normalized spacial score (nSPS) is 23.9. The zero-order valence-corrected chi connectivity index (χ0v) is 10.4. The van der Waals surface area contributed by atoms with Gasteiger partial charge in [-0.15, -0.1) is 0 Å². The fraction of sp³-hybridized carbons (Fsp3) is 0.615. The molecule has 1 fully saturated rings. The van der Waals surface area contributed by atoms with Crippen LogP contribution < -0.4 is 5.32 Å². The summed E-state index contributed by atoms with van der Waals surface area (Å²) in [5.74, 6) is 0. The summed E-state index contributed by atoms with van der Waals surface area (Å²) in [6.07, 6.45) is 3.07. The van der Waals surface area contributed by atoms with E-state index in [-0.39, 0.29) is 5.54 Å². The van der Waals surface area contributed by atoms with Gasteiger partial charge in [-0.3, -0.25) is 9.88 Å². The fourth-order valence-electron chi connectivity index (χ4n) is 2.32. The van der Waals surface area contributed by atoms with E-state index in [9.17, 15) is 0 Å². The molecule has 1 aliphatic rings. The maximum Gasteiger partial charge on any atom is 0.0543 e. The number of pyridine rings is 1. The fourth-order valence-corrected chi connectivity index (χ4v) is 2.32. The molecular weight excluding hydrogens is 198 g/mol. The van der Waals surface area contributed by atoms with E-state index in [4.69, 9.17) is 0 Å². The Bertz CT molecular complexity index is 334. The van der Waals surface area contributed by atoms with Crippen molar-refractivity contribution in [2.75, 3.05) is 13.6 Å². The average molecular weight is 219 g/mol. The van der Waals surface area contributed by atoms with Crippen molar-refractivity contribution in [3.63, 3.8) is 0 Å². The zero-order valence-electron chi connectivity index (χ0n) is 10.4. The van der Waals surface area contributed by atoms with Crippen molar-refractivity contribution in [2.24, 2.45) is 0 Å². The van der Waals surface area contributed by atoms with Crippen LogP contribution in [0.4, 0.5) is 0 Å². The van der Waals surface area contributed by atoms with Gasteiger partial charge in [0.05, 0.1) is 5.69 Å². The molecule has 1 atom stereocenters. The number of nitrogens with zero attached hydrogens (tertiary/aromatic N) is 2. The Hall–Kier alpha value is -0.930. The monoisotopic (exact) mass is 219 g/mol. The Kier molecular flexibility index (Phi) is 3.26. The molecule has 16 heavy (non-hydrogen) atoms. The minimum atomic E-state index is 0.281. The molecule has 0 spiro atoms. The van der Waals surface area contributed by atoms with Crippen LogP contribution in [0.1, 0.15) is 26.0 Å². The predicted octanol–water partition coefficient (Wildman–Crippen LogP) is 1.65. The number of rotatable bonds is 3. The lowest BCUT2D eigenvalue weighted by Crippen LogP contribution is -2.33. The summed E-state index contributed by atoms with van der Waals surface area (Å²) >= 11 is 0. The Morgan fingerprint density at radius 3 is 2.88 bits per heavy atom. The summed E-state index contributed by atoms with van der Waals surface area (Å²) in [5, 5.41) is 3.55. The molecule has 0 aliphatic carbocycles. The third kappa shape index (κ3) is 2.80. The second-order valence-corrected chi connectivity index (χ2v) is 5.36.